The summed E-state index contributed by atoms with van der Waals surface area (Å²) in [7, 11) is 1.84. The molecule has 0 bridgehead atoms. The quantitative estimate of drug-likeness (QED) is 0.588. The summed E-state index contributed by atoms with van der Waals surface area (Å²) < 4.78 is 10.6. The van der Waals surface area contributed by atoms with Gasteiger partial charge in [-0.05, 0) is 58.6 Å². The van der Waals surface area contributed by atoms with Crippen LogP contribution in [0.1, 0.15) is 30.6 Å². The highest BCUT2D eigenvalue weighted by Gasteiger charge is 2.26. The third kappa shape index (κ3) is 3.93. The molecule has 1 aromatic rings. The van der Waals surface area contributed by atoms with Gasteiger partial charge in [-0.25, -0.2) is 0 Å². The number of nitrogens with zero attached hydrogens (tertiary/aromatic N) is 2. The molecule has 3 rings (SSSR count). The van der Waals surface area contributed by atoms with Crippen LogP contribution in [0.5, 0.6) is 11.5 Å². The van der Waals surface area contributed by atoms with Gasteiger partial charge in [0.2, 0.25) is 12.7 Å². The van der Waals surface area contributed by atoms with Gasteiger partial charge in [0, 0.05) is 5.56 Å². The number of nitrogens with one attached hydrogen (secondary N) is 1. The van der Waals surface area contributed by atoms with Crippen LogP contribution >= 0.6 is 0 Å². The van der Waals surface area contributed by atoms with Gasteiger partial charge in [-0.1, -0.05) is 0 Å². The van der Waals surface area contributed by atoms with Crippen molar-refractivity contribution < 1.29 is 19.1 Å². The molecule has 2 unspecified atom stereocenters. The van der Waals surface area contributed by atoms with Gasteiger partial charge in [0.25, 0.3) is 0 Å². The van der Waals surface area contributed by atoms with Gasteiger partial charge in [0.05, 0.1) is 18.8 Å². The van der Waals surface area contributed by atoms with Crippen molar-refractivity contribution in [3.63, 3.8) is 0 Å². The monoisotopic (exact) mass is 347 g/mol. The van der Waals surface area contributed by atoms with Crippen LogP contribution in [0.4, 0.5) is 0 Å². The molecule has 136 valence electrons. The van der Waals surface area contributed by atoms with Crippen molar-refractivity contribution in [2.24, 2.45) is 0 Å². The fraction of sp³-hybridized carbons (Fsp3) is 0.556. The highest BCUT2D eigenvalue weighted by atomic mass is 16.7. The molecule has 25 heavy (non-hydrogen) atoms. The second-order valence-electron chi connectivity index (χ2n) is 6.65. The van der Waals surface area contributed by atoms with Gasteiger partial charge < -0.3 is 14.8 Å². The summed E-state index contributed by atoms with van der Waals surface area (Å²) in [5.41, 5.74) is 0.572. The zero-order valence-corrected chi connectivity index (χ0v) is 14.9. The summed E-state index contributed by atoms with van der Waals surface area (Å²) in [6, 6.07) is 4.83. The molecule has 0 radical (unpaired) electrons. The SMILES string of the molecule is CC(NC(=O)CN1CCC1)N(C)C(C)C(=O)c1ccc2c(c1)OCO2. The molecule has 0 aromatic heterocycles. The van der Waals surface area contributed by atoms with Gasteiger partial charge >= 0.3 is 0 Å². The normalized spacial score (nSPS) is 18.6. The van der Waals surface area contributed by atoms with Crippen LogP contribution in [0.25, 0.3) is 0 Å². The highest BCUT2D eigenvalue weighted by Crippen LogP contribution is 2.33. The fourth-order valence-corrected chi connectivity index (χ4v) is 2.93. The number of likely N-dealkylation sites (tertiary alicyclic amines) is 1. The van der Waals surface area contributed by atoms with E-state index >= 15 is 0 Å². The Kier molecular flexibility index (Phi) is 5.24. The fourth-order valence-electron chi connectivity index (χ4n) is 2.93. The number of likely N-dealkylation sites (N-methyl/N-ethyl adjacent to an activating group) is 1. The minimum absolute atomic E-state index is 0.0122. The van der Waals surface area contributed by atoms with E-state index in [9.17, 15) is 9.59 Å². The van der Waals surface area contributed by atoms with Crippen LogP contribution in [0, 0.1) is 0 Å². The molecule has 7 heteroatoms. The number of rotatable bonds is 7. The Morgan fingerprint density at radius 3 is 2.64 bits per heavy atom. The van der Waals surface area contributed by atoms with Crippen molar-refractivity contribution in [2.75, 3.05) is 33.5 Å². The lowest BCUT2D eigenvalue weighted by Gasteiger charge is -2.33. The van der Waals surface area contributed by atoms with Crippen molar-refractivity contribution in [1.82, 2.24) is 15.1 Å². The number of carbonyl (C=O) groups is 2. The molecule has 0 saturated carbocycles. The van der Waals surface area contributed by atoms with Crippen LogP contribution in [-0.4, -0.2) is 67.2 Å². The van der Waals surface area contributed by atoms with Crippen LogP contribution in [-0.2, 0) is 4.79 Å². The Morgan fingerprint density at radius 2 is 1.96 bits per heavy atom. The molecule has 2 atom stereocenters. The summed E-state index contributed by atoms with van der Waals surface area (Å²) in [6.07, 6.45) is 0.922. The maximum Gasteiger partial charge on any atom is 0.235 e. The summed E-state index contributed by atoms with van der Waals surface area (Å²) in [6.45, 7) is 6.29. The maximum absolute atomic E-state index is 12.8. The Morgan fingerprint density at radius 1 is 1.24 bits per heavy atom. The molecule has 0 aliphatic carbocycles. The van der Waals surface area contributed by atoms with Crippen LogP contribution in [0.2, 0.25) is 0 Å². The Hall–Kier alpha value is -2.12. The third-order valence-electron chi connectivity index (χ3n) is 4.94. The summed E-state index contributed by atoms with van der Waals surface area (Å²) in [5, 5.41) is 2.96. The van der Waals surface area contributed by atoms with E-state index in [-0.39, 0.29) is 30.7 Å². The molecular weight excluding hydrogens is 322 g/mol. The number of benzene rings is 1. The number of hydrogen-bond acceptors (Lipinski definition) is 6. The molecule has 2 aliphatic rings. The predicted molar refractivity (Wildman–Crippen MR) is 92.8 cm³/mol. The van der Waals surface area contributed by atoms with Gasteiger partial charge in [0.15, 0.2) is 17.3 Å². The standard InChI is InChI=1S/C18H25N3O4/c1-12(18(23)14-5-6-15-16(9-14)25-11-24-15)20(3)13(2)19-17(22)10-21-7-4-8-21/h5-6,9,12-13H,4,7-8,10-11H2,1-3H3,(H,19,22). The molecule has 1 saturated heterocycles. The largest absolute Gasteiger partial charge is 0.454 e. The Labute approximate surface area is 147 Å². The Balaban J connectivity index is 1.57. The zero-order valence-electron chi connectivity index (χ0n) is 14.9. The molecule has 7 nitrogen and oxygen atoms in total. The van der Waals surface area contributed by atoms with Crippen LogP contribution in [0.3, 0.4) is 0 Å². The smallest absolute Gasteiger partial charge is 0.235 e. The number of carbonyl (C=O) groups excluding carboxylic acids is 2. The van der Waals surface area contributed by atoms with Crippen molar-refractivity contribution in [2.45, 2.75) is 32.5 Å². The first-order valence-corrected chi connectivity index (χ1v) is 8.63. The third-order valence-corrected chi connectivity index (χ3v) is 4.94. The van der Waals surface area contributed by atoms with E-state index in [2.05, 4.69) is 10.2 Å². The lowest BCUT2D eigenvalue weighted by molar-refractivity contribution is -0.124. The number of ether oxygens (including phenoxy) is 2. The van der Waals surface area contributed by atoms with Crippen LogP contribution in [0.15, 0.2) is 18.2 Å². The van der Waals surface area contributed by atoms with Gasteiger partial charge in [-0.3, -0.25) is 19.4 Å². The first kappa shape index (κ1) is 17.7. The van der Waals surface area contributed by atoms with Crippen molar-refractivity contribution in [1.29, 1.82) is 0 Å². The van der Waals surface area contributed by atoms with Crippen molar-refractivity contribution in [3.8, 4) is 11.5 Å². The minimum atomic E-state index is -0.375. The summed E-state index contributed by atoms with van der Waals surface area (Å²) in [4.78, 5) is 28.8. The maximum atomic E-state index is 12.8. The van der Waals surface area contributed by atoms with Gasteiger partial charge in [0.1, 0.15) is 0 Å². The average Bonchev–Trinajstić information content (AvgIpc) is 3.03. The van der Waals surface area contributed by atoms with E-state index in [0.717, 1.165) is 19.5 Å². The van der Waals surface area contributed by atoms with E-state index < -0.39 is 0 Å². The molecule has 2 heterocycles. The van der Waals surface area contributed by atoms with E-state index in [1.807, 2.05) is 25.8 Å². The van der Waals surface area contributed by atoms with E-state index in [1.165, 1.54) is 0 Å². The van der Waals surface area contributed by atoms with Gasteiger partial charge in [-0.2, -0.15) is 0 Å². The summed E-state index contributed by atoms with van der Waals surface area (Å²) in [5.74, 6) is 1.22. The number of Topliss-reactive ketones (excluding diaryl/α,β-unsaturated/α-hetero) is 1. The lowest BCUT2D eigenvalue weighted by atomic mass is 10.0. The minimum Gasteiger partial charge on any atom is -0.454 e. The molecule has 1 N–H and O–H groups in total. The number of fused-ring (bicyclic) bond motifs is 1. The van der Waals surface area contributed by atoms with Crippen molar-refractivity contribution in [3.05, 3.63) is 23.8 Å². The molecular formula is C18H25N3O4. The Bertz CT molecular complexity index is 660. The zero-order chi connectivity index (χ0) is 18.0. The molecule has 0 spiro atoms. The lowest BCUT2D eigenvalue weighted by Crippen LogP contribution is -2.53. The molecule has 1 amide bonds. The first-order chi connectivity index (χ1) is 12.0. The highest BCUT2D eigenvalue weighted by molar-refractivity contribution is 6.00. The molecule has 1 aromatic carbocycles. The van der Waals surface area contributed by atoms with E-state index in [4.69, 9.17) is 9.47 Å². The second-order valence-corrected chi connectivity index (χ2v) is 6.65. The topological polar surface area (TPSA) is 71.1 Å². The van der Waals surface area contributed by atoms with Crippen LogP contribution < -0.4 is 14.8 Å². The predicted octanol–water partition coefficient (Wildman–Crippen LogP) is 1.09. The molecule has 1 fully saturated rings. The first-order valence-electron chi connectivity index (χ1n) is 8.63. The number of amides is 1. The van der Waals surface area contributed by atoms with E-state index in [0.29, 0.717) is 23.6 Å². The average molecular weight is 347 g/mol. The van der Waals surface area contributed by atoms with Gasteiger partial charge in [-0.15, -0.1) is 0 Å². The van der Waals surface area contributed by atoms with Crippen molar-refractivity contribution >= 4 is 11.7 Å². The molecule has 2 aliphatic heterocycles. The summed E-state index contributed by atoms with van der Waals surface area (Å²) >= 11 is 0. The number of hydrogen-bond donors (Lipinski definition) is 1. The second kappa shape index (κ2) is 7.41. The van der Waals surface area contributed by atoms with E-state index in [1.54, 1.807) is 18.2 Å². The number of ketones is 1.